The quantitative estimate of drug-likeness (QED) is 0.720. The van der Waals surface area contributed by atoms with Gasteiger partial charge in [0.05, 0.1) is 0 Å². The topological polar surface area (TPSA) is 58.2 Å². The number of aromatic nitrogens is 2. The molecule has 0 radical (unpaired) electrons. The highest BCUT2D eigenvalue weighted by atomic mass is 16.5. The number of nitrogens with one attached hydrogen (secondary N) is 1. The number of para-hydroxylation sites is 1. The third-order valence-electron chi connectivity index (χ3n) is 4.34. The summed E-state index contributed by atoms with van der Waals surface area (Å²) < 4.78 is 5.79. The zero-order valence-electron chi connectivity index (χ0n) is 15.3. The van der Waals surface area contributed by atoms with Crippen molar-refractivity contribution in [2.24, 2.45) is 0 Å². The molecular weight excluding hydrogens is 326 g/mol. The van der Waals surface area contributed by atoms with E-state index in [0.717, 1.165) is 34.7 Å². The van der Waals surface area contributed by atoms with Crippen LogP contribution in [-0.2, 0) is 13.0 Å². The molecule has 0 aliphatic rings. The maximum Gasteiger partial charge on any atom is 0.274 e. The van der Waals surface area contributed by atoms with E-state index in [-0.39, 0.29) is 5.91 Å². The van der Waals surface area contributed by atoms with Crippen molar-refractivity contribution in [3.63, 3.8) is 0 Å². The van der Waals surface area contributed by atoms with Gasteiger partial charge in [-0.3, -0.25) is 9.89 Å². The number of nitrogens with zero attached hydrogens (tertiary/aromatic N) is 2. The van der Waals surface area contributed by atoms with Crippen LogP contribution in [0.1, 0.15) is 34.2 Å². The average molecular weight is 349 g/mol. The summed E-state index contributed by atoms with van der Waals surface area (Å²) in [5.74, 6) is 1.49. The second-order valence-corrected chi connectivity index (χ2v) is 6.25. The van der Waals surface area contributed by atoms with E-state index in [1.54, 1.807) is 11.9 Å². The number of benzene rings is 2. The van der Waals surface area contributed by atoms with Crippen molar-refractivity contribution < 1.29 is 9.53 Å². The summed E-state index contributed by atoms with van der Waals surface area (Å²) >= 11 is 0. The van der Waals surface area contributed by atoms with Gasteiger partial charge in [-0.05, 0) is 43.2 Å². The molecule has 0 aliphatic heterocycles. The van der Waals surface area contributed by atoms with Crippen molar-refractivity contribution in [1.29, 1.82) is 0 Å². The molecule has 0 unspecified atom stereocenters. The van der Waals surface area contributed by atoms with E-state index in [2.05, 4.69) is 10.2 Å². The molecule has 3 rings (SSSR count). The third kappa shape index (κ3) is 3.94. The van der Waals surface area contributed by atoms with Gasteiger partial charge >= 0.3 is 0 Å². The number of hydrogen-bond donors (Lipinski definition) is 1. The van der Waals surface area contributed by atoms with Gasteiger partial charge in [0.25, 0.3) is 5.91 Å². The van der Waals surface area contributed by atoms with Crippen LogP contribution in [0, 0.1) is 6.92 Å². The lowest BCUT2D eigenvalue weighted by Crippen LogP contribution is -2.27. The Morgan fingerprint density at radius 3 is 2.35 bits per heavy atom. The van der Waals surface area contributed by atoms with Gasteiger partial charge in [0.1, 0.15) is 11.5 Å². The minimum atomic E-state index is -0.0805. The summed E-state index contributed by atoms with van der Waals surface area (Å²) in [6.45, 7) is 4.48. The number of carbonyl (C=O) groups excluding carboxylic acids is 1. The Balaban J connectivity index is 1.64. The summed E-state index contributed by atoms with van der Waals surface area (Å²) in [5.41, 5.74) is 3.46. The zero-order valence-corrected chi connectivity index (χ0v) is 15.3. The molecule has 0 bridgehead atoms. The number of carbonyl (C=O) groups is 1. The molecule has 0 atom stereocenters. The number of H-pyrrole nitrogens is 1. The van der Waals surface area contributed by atoms with Crippen LogP contribution >= 0.6 is 0 Å². The van der Waals surface area contributed by atoms with E-state index < -0.39 is 0 Å². The van der Waals surface area contributed by atoms with Crippen molar-refractivity contribution in [2.75, 3.05) is 7.05 Å². The van der Waals surface area contributed by atoms with Crippen molar-refractivity contribution in [3.8, 4) is 11.5 Å². The van der Waals surface area contributed by atoms with Gasteiger partial charge in [-0.15, -0.1) is 0 Å². The van der Waals surface area contributed by atoms with Gasteiger partial charge in [-0.25, -0.2) is 0 Å². The lowest BCUT2D eigenvalue weighted by atomic mass is 10.1. The SMILES string of the molecule is CCc1[nH]nc(C(=O)N(C)Cc2ccc(Oc3ccccc3)cc2)c1C. The van der Waals surface area contributed by atoms with E-state index in [0.29, 0.717) is 12.2 Å². The first-order valence-corrected chi connectivity index (χ1v) is 8.69. The number of hydrogen-bond acceptors (Lipinski definition) is 3. The second-order valence-electron chi connectivity index (χ2n) is 6.25. The lowest BCUT2D eigenvalue weighted by Gasteiger charge is -2.17. The highest BCUT2D eigenvalue weighted by molar-refractivity contribution is 5.93. The fourth-order valence-electron chi connectivity index (χ4n) is 2.80. The second kappa shape index (κ2) is 7.87. The van der Waals surface area contributed by atoms with Crippen LogP contribution in [0.4, 0.5) is 0 Å². The van der Waals surface area contributed by atoms with Gasteiger partial charge in [-0.2, -0.15) is 5.10 Å². The Hall–Kier alpha value is -3.08. The number of rotatable bonds is 6. The molecule has 1 amide bonds. The molecule has 0 saturated carbocycles. The van der Waals surface area contributed by atoms with Crippen molar-refractivity contribution in [3.05, 3.63) is 77.1 Å². The van der Waals surface area contributed by atoms with Crippen molar-refractivity contribution in [2.45, 2.75) is 26.8 Å². The van der Waals surface area contributed by atoms with Gasteiger partial charge in [0.15, 0.2) is 5.69 Å². The molecule has 0 saturated heterocycles. The minimum Gasteiger partial charge on any atom is -0.457 e. The fourth-order valence-corrected chi connectivity index (χ4v) is 2.80. The normalized spacial score (nSPS) is 10.6. The van der Waals surface area contributed by atoms with Crippen LogP contribution in [0.5, 0.6) is 11.5 Å². The Morgan fingerprint density at radius 1 is 1.08 bits per heavy atom. The zero-order chi connectivity index (χ0) is 18.5. The van der Waals surface area contributed by atoms with E-state index in [9.17, 15) is 4.79 Å². The maximum atomic E-state index is 12.6. The van der Waals surface area contributed by atoms with Crippen LogP contribution < -0.4 is 4.74 Å². The Bertz CT molecular complexity index is 870. The van der Waals surface area contributed by atoms with Gasteiger partial charge < -0.3 is 9.64 Å². The number of amides is 1. The van der Waals surface area contributed by atoms with E-state index in [1.807, 2.05) is 68.4 Å². The third-order valence-corrected chi connectivity index (χ3v) is 4.34. The van der Waals surface area contributed by atoms with Gasteiger partial charge in [0, 0.05) is 24.8 Å². The average Bonchev–Trinajstić information content (AvgIpc) is 3.04. The highest BCUT2D eigenvalue weighted by Gasteiger charge is 2.19. The summed E-state index contributed by atoms with van der Waals surface area (Å²) in [4.78, 5) is 14.3. The number of aromatic amines is 1. The molecule has 1 N–H and O–H groups in total. The molecule has 0 fully saturated rings. The van der Waals surface area contributed by atoms with Crippen LogP contribution in [0.3, 0.4) is 0 Å². The molecule has 0 spiro atoms. The Kier molecular flexibility index (Phi) is 5.37. The number of ether oxygens (including phenoxy) is 1. The number of aryl methyl sites for hydroxylation is 1. The van der Waals surface area contributed by atoms with Crippen LogP contribution in [0.2, 0.25) is 0 Å². The van der Waals surface area contributed by atoms with Gasteiger partial charge in [-0.1, -0.05) is 37.3 Å². The summed E-state index contributed by atoms with van der Waals surface area (Å²) in [6.07, 6.45) is 0.832. The summed E-state index contributed by atoms with van der Waals surface area (Å²) in [6, 6.07) is 17.4. The maximum absolute atomic E-state index is 12.6. The van der Waals surface area contributed by atoms with E-state index in [4.69, 9.17) is 4.74 Å². The van der Waals surface area contributed by atoms with E-state index in [1.165, 1.54) is 0 Å². The predicted octanol–water partition coefficient (Wildman–Crippen LogP) is 4.35. The van der Waals surface area contributed by atoms with Crippen LogP contribution in [0.25, 0.3) is 0 Å². The Labute approximate surface area is 153 Å². The molecule has 3 aromatic rings. The van der Waals surface area contributed by atoms with Crippen molar-refractivity contribution in [1.82, 2.24) is 15.1 Å². The summed E-state index contributed by atoms with van der Waals surface area (Å²) in [7, 11) is 1.79. The first kappa shape index (κ1) is 17.7. The Morgan fingerprint density at radius 2 is 1.73 bits per heavy atom. The standard InChI is InChI=1S/C21H23N3O2/c1-4-19-15(2)20(23-22-19)21(25)24(3)14-16-10-12-18(13-11-16)26-17-8-6-5-7-9-17/h5-13H,4,14H2,1-3H3,(H,22,23). The molecule has 0 aliphatic carbocycles. The molecule has 2 aromatic carbocycles. The molecule has 1 aromatic heterocycles. The summed E-state index contributed by atoms with van der Waals surface area (Å²) in [5, 5.41) is 7.11. The van der Waals surface area contributed by atoms with E-state index >= 15 is 0 Å². The van der Waals surface area contributed by atoms with Crippen molar-refractivity contribution >= 4 is 5.91 Å². The smallest absolute Gasteiger partial charge is 0.274 e. The largest absolute Gasteiger partial charge is 0.457 e. The lowest BCUT2D eigenvalue weighted by molar-refractivity contribution is 0.0778. The molecule has 5 nitrogen and oxygen atoms in total. The first-order valence-electron chi connectivity index (χ1n) is 8.69. The molecule has 26 heavy (non-hydrogen) atoms. The molecular formula is C21H23N3O2. The van der Waals surface area contributed by atoms with Crippen LogP contribution in [-0.4, -0.2) is 28.1 Å². The van der Waals surface area contributed by atoms with Gasteiger partial charge in [0.2, 0.25) is 0 Å². The molecule has 5 heteroatoms. The van der Waals surface area contributed by atoms with Crippen LogP contribution in [0.15, 0.2) is 54.6 Å². The predicted molar refractivity (Wildman–Crippen MR) is 101 cm³/mol. The monoisotopic (exact) mass is 349 g/mol. The molecule has 134 valence electrons. The molecule has 1 heterocycles. The highest BCUT2D eigenvalue weighted by Crippen LogP contribution is 2.22. The minimum absolute atomic E-state index is 0.0805. The fraction of sp³-hybridized carbons (Fsp3) is 0.238. The first-order chi connectivity index (χ1) is 12.6.